The zero-order valence-corrected chi connectivity index (χ0v) is 36.7. The number of fused-ring (bicyclic) bond motifs is 1. The Morgan fingerprint density at radius 3 is 2.05 bits per heavy atom. The molecule has 1 heterocycles. The van der Waals surface area contributed by atoms with Gasteiger partial charge in [0.25, 0.3) is 6.01 Å². The highest BCUT2D eigenvalue weighted by atomic mass is 28.4. The molecule has 0 unspecified atom stereocenters. The molecule has 2 fully saturated rings. The third kappa shape index (κ3) is 9.98. The van der Waals surface area contributed by atoms with Crippen molar-refractivity contribution in [2.75, 3.05) is 13.7 Å². The van der Waals surface area contributed by atoms with Gasteiger partial charge in [-0.1, -0.05) is 88.9 Å². The second-order valence-electron chi connectivity index (χ2n) is 18.4. The quantitative estimate of drug-likeness (QED) is 0.0672. The van der Waals surface area contributed by atoms with E-state index in [4.69, 9.17) is 23.4 Å². The number of carbonyl (C=O) groups is 1. The van der Waals surface area contributed by atoms with Gasteiger partial charge in [0.2, 0.25) is 0 Å². The lowest BCUT2D eigenvalue weighted by molar-refractivity contribution is -0.147. The van der Waals surface area contributed by atoms with E-state index in [1.54, 1.807) is 16.7 Å². The third-order valence-corrected chi connectivity index (χ3v) is 18.1. The average molecular weight is 807 g/mol. The number of ether oxygens (including phenoxy) is 4. The van der Waals surface area contributed by atoms with Gasteiger partial charge in [0, 0.05) is 26.9 Å². The Morgan fingerprint density at radius 2 is 1.46 bits per heavy atom. The van der Waals surface area contributed by atoms with E-state index in [0.717, 1.165) is 35.6 Å². The maximum Gasteiger partial charge on any atom is 0.308 e. The summed E-state index contributed by atoms with van der Waals surface area (Å²) in [6.45, 7) is 19.3. The van der Waals surface area contributed by atoms with Gasteiger partial charge in [0.1, 0.15) is 24.2 Å². The normalized spacial score (nSPS) is 20.6. The minimum absolute atomic E-state index is 0.0240. The number of halogens is 2. The lowest BCUT2D eigenvalue weighted by atomic mass is 9.87. The molecule has 4 aromatic rings. The summed E-state index contributed by atoms with van der Waals surface area (Å²) in [6, 6.07) is 17.9. The molecule has 0 N–H and O–H groups in total. The van der Waals surface area contributed by atoms with Crippen molar-refractivity contribution in [1.29, 1.82) is 0 Å². The molecular formula is C44H60F2N2O6Si2. The van der Waals surface area contributed by atoms with E-state index in [1.165, 1.54) is 13.2 Å². The Labute approximate surface area is 333 Å². The molecule has 2 aliphatic carbocycles. The number of hydrogen-bond donors (Lipinski definition) is 0. The minimum Gasteiger partial charge on any atom is -0.469 e. The van der Waals surface area contributed by atoms with E-state index >= 15 is 8.78 Å². The van der Waals surface area contributed by atoms with Crippen LogP contribution in [0, 0.1) is 17.6 Å². The molecule has 1 aromatic heterocycles. The molecule has 12 heteroatoms. The summed E-state index contributed by atoms with van der Waals surface area (Å²) < 4.78 is 64.0. The number of nitrogens with zero attached hydrogens (tertiary/aromatic N) is 2. The van der Waals surface area contributed by atoms with Crippen LogP contribution >= 0.6 is 0 Å². The van der Waals surface area contributed by atoms with Crippen LogP contribution in [0.4, 0.5) is 8.78 Å². The lowest BCUT2D eigenvalue weighted by Gasteiger charge is -2.44. The first-order chi connectivity index (χ1) is 26.4. The largest absolute Gasteiger partial charge is 0.469 e. The highest BCUT2D eigenvalue weighted by Gasteiger charge is 2.42. The van der Waals surface area contributed by atoms with Crippen molar-refractivity contribution in [1.82, 2.24) is 9.55 Å². The predicted molar refractivity (Wildman–Crippen MR) is 223 cm³/mol. The van der Waals surface area contributed by atoms with Gasteiger partial charge in [-0.2, -0.15) is 4.98 Å². The maximum absolute atomic E-state index is 16.4. The molecule has 0 saturated heterocycles. The van der Waals surface area contributed by atoms with Gasteiger partial charge in [0.15, 0.2) is 14.1 Å². The molecule has 2 saturated carbocycles. The monoisotopic (exact) mass is 806 g/mol. The van der Waals surface area contributed by atoms with Crippen molar-refractivity contribution in [3.05, 3.63) is 71.8 Å². The number of rotatable bonds is 15. The number of hydrogen-bond acceptors (Lipinski definition) is 7. The van der Waals surface area contributed by atoms with E-state index in [2.05, 4.69) is 70.6 Å². The summed E-state index contributed by atoms with van der Waals surface area (Å²) in [5.41, 5.74) is 3.59. The smallest absolute Gasteiger partial charge is 0.308 e. The summed E-state index contributed by atoms with van der Waals surface area (Å²) in [4.78, 5) is 16.7. The number of imidazole rings is 1. The van der Waals surface area contributed by atoms with Gasteiger partial charge >= 0.3 is 5.97 Å². The standard InChI is InChI=1S/C44H60F2N2O6Si2/c1-44(2,3)56(8,9)54-36-24-35(25-36)52-27-29-10-12-30(13-11-29)31-14-16-32(17-15-31)39-37(45)26-38-41(40(39)46)47-43(48(38)28-51-22-23-55(5,6)7)53-34-20-18-33(19-21-34)42(49)50-4/h10-17,26,33-36H,18-25,27-28H2,1-9H3. The third-order valence-electron chi connectivity index (χ3n) is 11.9. The Hall–Kier alpha value is -3.43. The molecule has 0 bridgehead atoms. The van der Waals surface area contributed by atoms with Crippen molar-refractivity contribution >= 4 is 33.4 Å². The Kier molecular flexibility index (Phi) is 13.0. The number of methoxy groups -OCH3 is 1. The average Bonchev–Trinajstić information content (AvgIpc) is 3.47. The fourth-order valence-electron chi connectivity index (χ4n) is 7.09. The highest BCUT2D eigenvalue weighted by Crippen LogP contribution is 2.41. The first kappa shape index (κ1) is 42.2. The summed E-state index contributed by atoms with van der Waals surface area (Å²) >= 11 is 0. The van der Waals surface area contributed by atoms with Crippen LogP contribution in [0.2, 0.25) is 43.8 Å². The molecule has 0 spiro atoms. The van der Waals surface area contributed by atoms with Crippen LogP contribution in [0.15, 0.2) is 54.6 Å². The number of benzene rings is 3. The van der Waals surface area contributed by atoms with Crippen LogP contribution in [0.5, 0.6) is 6.01 Å². The maximum atomic E-state index is 16.4. The Bertz CT molecular complexity index is 1960. The van der Waals surface area contributed by atoms with E-state index in [1.807, 2.05) is 24.3 Å². The molecule has 0 atom stereocenters. The van der Waals surface area contributed by atoms with Crippen LogP contribution in [0.3, 0.4) is 0 Å². The van der Waals surface area contributed by atoms with Crippen LogP contribution in [0.25, 0.3) is 33.3 Å². The fraction of sp³-hybridized carbons (Fsp3) is 0.545. The second kappa shape index (κ2) is 17.2. The van der Waals surface area contributed by atoms with Crippen molar-refractivity contribution in [2.45, 2.75) is 135 Å². The topological polar surface area (TPSA) is 81.0 Å². The molecule has 8 nitrogen and oxygen atoms in total. The fourth-order valence-corrected chi connectivity index (χ4v) is 9.23. The summed E-state index contributed by atoms with van der Waals surface area (Å²) in [5.74, 6) is -1.82. The van der Waals surface area contributed by atoms with Crippen molar-refractivity contribution < 1.29 is 36.9 Å². The predicted octanol–water partition coefficient (Wildman–Crippen LogP) is 11.1. The molecule has 0 amide bonds. The molecular weight excluding hydrogens is 747 g/mol. The zero-order valence-electron chi connectivity index (χ0n) is 34.7. The van der Waals surface area contributed by atoms with Gasteiger partial charge < -0.3 is 23.4 Å². The first-order valence-electron chi connectivity index (χ1n) is 20.1. The van der Waals surface area contributed by atoms with Crippen molar-refractivity contribution in [2.24, 2.45) is 5.92 Å². The van der Waals surface area contributed by atoms with E-state index in [0.29, 0.717) is 50.6 Å². The van der Waals surface area contributed by atoms with E-state index < -0.39 is 28.0 Å². The first-order valence-corrected chi connectivity index (χ1v) is 26.7. The molecule has 56 heavy (non-hydrogen) atoms. The number of esters is 1. The van der Waals surface area contributed by atoms with Gasteiger partial charge in [-0.15, -0.1) is 0 Å². The summed E-state index contributed by atoms with van der Waals surface area (Å²) in [5, 5.41) is 0.200. The summed E-state index contributed by atoms with van der Waals surface area (Å²) in [6.07, 6.45) is 4.67. The number of aromatic nitrogens is 2. The van der Waals surface area contributed by atoms with Crippen LogP contribution < -0.4 is 4.74 Å². The molecule has 304 valence electrons. The molecule has 2 aliphatic rings. The van der Waals surface area contributed by atoms with Gasteiger partial charge in [-0.25, -0.2) is 8.78 Å². The molecule has 0 aliphatic heterocycles. The SMILES string of the molecule is COC(=O)C1CCC(Oc2nc3c(F)c(-c4ccc(-c5ccc(COC6CC(O[Si](C)(C)C(C)(C)C)C6)cc5)cc4)c(F)cc3n2COCC[Si](C)(C)C)CC1. The van der Waals surface area contributed by atoms with Crippen molar-refractivity contribution in [3.63, 3.8) is 0 Å². The Morgan fingerprint density at radius 1 is 0.857 bits per heavy atom. The van der Waals surface area contributed by atoms with E-state index in [9.17, 15) is 4.79 Å². The van der Waals surface area contributed by atoms with E-state index in [-0.39, 0.29) is 58.5 Å². The van der Waals surface area contributed by atoms with Crippen molar-refractivity contribution in [3.8, 4) is 28.3 Å². The molecule has 3 aromatic carbocycles. The second-order valence-corrected chi connectivity index (χ2v) is 28.8. The summed E-state index contributed by atoms with van der Waals surface area (Å²) in [7, 11) is -1.73. The minimum atomic E-state index is -1.77. The zero-order chi connectivity index (χ0) is 40.4. The van der Waals surface area contributed by atoms with Crippen LogP contribution in [0.1, 0.15) is 64.9 Å². The highest BCUT2D eigenvalue weighted by molar-refractivity contribution is 6.76. The van der Waals surface area contributed by atoms with Gasteiger partial charge in [0.05, 0.1) is 36.8 Å². The van der Waals surface area contributed by atoms with Gasteiger partial charge in [-0.3, -0.25) is 9.36 Å². The van der Waals surface area contributed by atoms with Crippen LogP contribution in [-0.4, -0.2) is 63.9 Å². The molecule has 0 radical (unpaired) electrons. The molecule has 6 rings (SSSR count). The lowest BCUT2D eigenvalue weighted by Crippen LogP contribution is -2.49. The number of carbonyl (C=O) groups excluding carboxylic acids is 1. The van der Waals surface area contributed by atoms with Crippen LogP contribution in [-0.2, 0) is 36.8 Å². The Balaban J connectivity index is 1.13. The van der Waals surface area contributed by atoms with Gasteiger partial charge in [-0.05, 0) is 85.0 Å².